The largest absolute Gasteiger partial charge is 0.469 e. The number of esters is 1. The number of aryl methyl sites for hydroxylation is 1. The quantitative estimate of drug-likeness (QED) is 0.647. The summed E-state index contributed by atoms with van der Waals surface area (Å²) in [6, 6.07) is 5.72. The Labute approximate surface area is 137 Å². The molecule has 0 unspecified atom stereocenters. The van der Waals surface area contributed by atoms with E-state index >= 15 is 0 Å². The predicted octanol–water partition coefficient (Wildman–Crippen LogP) is 2.64. The van der Waals surface area contributed by atoms with Gasteiger partial charge < -0.3 is 10.1 Å². The highest BCUT2D eigenvalue weighted by Gasteiger charge is 2.31. The molecular weight excluding hydrogens is 292 g/mol. The van der Waals surface area contributed by atoms with Crippen molar-refractivity contribution in [3.8, 4) is 0 Å². The van der Waals surface area contributed by atoms with Gasteiger partial charge in [-0.25, -0.2) is 0 Å². The number of hydrogen-bond donors (Lipinski definition) is 1. The van der Waals surface area contributed by atoms with Gasteiger partial charge in [-0.15, -0.1) is 0 Å². The highest BCUT2D eigenvalue weighted by atomic mass is 16.5. The third-order valence-corrected chi connectivity index (χ3v) is 4.43. The van der Waals surface area contributed by atoms with Crippen molar-refractivity contribution in [2.24, 2.45) is 5.92 Å². The summed E-state index contributed by atoms with van der Waals surface area (Å²) in [4.78, 5) is 28.4. The second-order valence-corrected chi connectivity index (χ2v) is 6.12. The zero-order valence-electron chi connectivity index (χ0n) is 13.8. The molecule has 2 atom stereocenters. The number of nitrogens with zero attached hydrogens (tertiary/aromatic N) is 1. The van der Waals surface area contributed by atoms with Gasteiger partial charge in [-0.05, 0) is 37.8 Å². The SMILES string of the molecule is COC(=O)[C@H]1CCCCC[C@@H]1NC(=O)CCCc1ccccn1. The van der Waals surface area contributed by atoms with Gasteiger partial charge >= 0.3 is 5.97 Å². The van der Waals surface area contributed by atoms with E-state index in [4.69, 9.17) is 4.74 Å². The highest BCUT2D eigenvalue weighted by Crippen LogP contribution is 2.24. The van der Waals surface area contributed by atoms with Gasteiger partial charge in [-0.3, -0.25) is 14.6 Å². The second-order valence-electron chi connectivity index (χ2n) is 6.12. The number of methoxy groups -OCH3 is 1. The third-order valence-electron chi connectivity index (χ3n) is 4.43. The molecule has 5 nitrogen and oxygen atoms in total. The molecule has 1 aromatic rings. The average Bonchev–Trinajstić information content (AvgIpc) is 2.80. The maximum Gasteiger partial charge on any atom is 0.310 e. The molecule has 1 saturated carbocycles. The molecule has 0 saturated heterocycles. The summed E-state index contributed by atoms with van der Waals surface area (Å²) in [6.45, 7) is 0. The van der Waals surface area contributed by atoms with Crippen LogP contribution >= 0.6 is 0 Å². The monoisotopic (exact) mass is 318 g/mol. The van der Waals surface area contributed by atoms with Crippen LogP contribution in [0.3, 0.4) is 0 Å². The number of ether oxygens (including phenoxy) is 1. The van der Waals surface area contributed by atoms with Crippen molar-refractivity contribution in [3.05, 3.63) is 30.1 Å². The lowest BCUT2D eigenvalue weighted by Crippen LogP contribution is -2.43. The molecule has 1 fully saturated rings. The molecule has 0 radical (unpaired) electrons. The molecule has 0 aliphatic heterocycles. The van der Waals surface area contributed by atoms with Crippen molar-refractivity contribution in [1.29, 1.82) is 0 Å². The summed E-state index contributed by atoms with van der Waals surface area (Å²) in [7, 11) is 1.42. The number of pyridine rings is 1. The number of amides is 1. The molecule has 1 amide bonds. The maximum absolute atomic E-state index is 12.2. The minimum absolute atomic E-state index is 0.0155. The van der Waals surface area contributed by atoms with E-state index in [1.54, 1.807) is 6.20 Å². The summed E-state index contributed by atoms with van der Waals surface area (Å²) in [5.41, 5.74) is 1.00. The van der Waals surface area contributed by atoms with Gasteiger partial charge in [0.15, 0.2) is 0 Å². The van der Waals surface area contributed by atoms with E-state index in [1.165, 1.54) is 7.11 Å². The average molecular weight is 318 g/mol. The number of carbonyl (C=O) groups excluding carboxylic acids is 2. The van der Waals surface area contributed by atoms with Crippen molar-refractivity contribution in [1.82, 2.24) is 10.3 Å². The van der Waals surface area contributed by atoms with Gasteiger partial charge in [0.25, 0.3) is 0 Å². The van der Waals surface area contributed by atoms with Crippen molar-refractivity contribution >= 4 is 11.9 Å². The van der Waals surface area contributed by atoms with Gasteiger partial charge in [0.1, 0.15) is 0 Å². The highest BCUT2D eigenvalue weighted by molar-refractivity contribution is 5.78. The molecule has 126 valence electrons. The van der Waals surface area contributed by atoms with Crippen molar-refractivity contribution in [2.45, 2.75) is 57.4 Å². The predicted molar refractivity (Wildman–Crippen MR) is 87.7 cm³/mol. The van der Waals surface area contributed by atoms with E-state index in [0.717, 1.165) is 50.6 Å². The number of hydrogen-bond acceptors (Lipinski definition) is 4. The summed E-state index contributed by atoms with van der Waals surface area (Å²) in [5, 5.41) is 3.05. The lowest BCUT2D eigenvalue weighted by molar-refractivity contribution is -0.147. The van der Waals surface area contributed by atoms with Crippen LogP contribution in [-0.2, 0) is 20.7 Å². The zero-order chi connectivity index (χ0) is 16.5. The van der Waals surface area contributed by atoms with Gasteiger partial charge in [-0.2, -0.15) is 0 Å². The Bertz CT molecular complexity index is 504. The summed E-state index contributed by atoms with van der Waals surface area (Å²) in [6.07, 6.45) is 8.61. The lowest BCUT2D eigenvalue weighted by atomic mass is 9.94. The molecule has 1 heterocycles. The second kappa shape index (κ2) is 9.28. The standard InChI is InChI=1S/C18H26N2O3/c1-23-18(22)15-10-3-2-4-11-16(15)20-17(21)12-7-9-14-8-5-6-13-19-14/h5-6,8,13,15-16H,2-4,7,9-12H2,1H3,(H,20,21)/t15-,16-/m0/s1. The van der Waals surface area contributed by atoms with Crippen LogP contribution in [0.15, 0.2) is 24.4 Å². The van der Waals surface area contributed by atoms with Crippen molar-refractivity contribution in [3.63, 3.8) is 0 Å². The fourth-order valence-electron chi connectivity index (χ4n) is 3.17. The molecule has 1 N–H and O–H groups in total. The number of carbonyl (C=O) groups is 2. The Kier molecular flexibility index (Phi) is 7.04. The molecule has 1 aliphatic rings. The first-order valence-electron chi connectivity index (χ1n) is 8.48. The minimum Gasteiger partial charge on any atom is -0.469 e. The van der Waals surface area contributed by atoms with Crippen LogP contribution in [0.2, 0.25) is 0 Å². The Balaban J connectivity index is 1.80. The van der Waals surface area contributed by atoms with Crippen LogP contribution in [0, 0.1) is 5.92 Å². The molecule has 1 aliphatic carbocycles. The molecule has 1 aromatic heterocycles. The smallest absolute Gasteiger partial charge is 0.310 e. The summed E-state index contributed by atoms with van der Waals surface area (Å²) in [5.74, 6) is -0.394. The number of nitrogens with one attached hydrogen (secondary N) is 1. The van der Waals surface area contributed by atoms with Crippen LogP contribution in [-0.4, -0.2) is 30.0 Å². The molecule has 0 bridgehead atoms. The Morgan fingerprint density at radius 1 is 1.26 bits per heavy atom. The topological polar surface area (TPSA) is 68.3 Å². The van der Waals surface area contributed by atoms with E-state index in [0.29, 0.717) is 6.42 Å². The van der Waals surface area contributed by atoms with Gasteiger partial charge in [0.2, 0.25) is 5.91 Å². The third kappa shape index (κ3) is 5.66. The van der Waals surface area contributed by atoms with Gasteiger partial charge in [-0.1, -0.05) is 25.3 Å². The zero-order valence-corrected chi connectivity index (χ0v) is 13.8. The van der Waals surface area contributed by atoms with Gasteiger partial charge in [0.05, 0.1) is 13.0 Å². The summed E-state index contributed by atoms with van der Waals surface area (Å²) >= 11 is 0. The Morgan fingerprint density at radius 2 is 2.09 bits per heavy atom. The first-order valence-corrected chi connectivity index (χ1v) is 8.48. The van der Waals surface area contributed by atoms with Crippen molar-refractivity contribution < 1.29 is 14.3 Å². The molecule has 2 rings (SSSR count). The molecular formula is C18H26N2O3. The lowest BCUT2D eigenvalue weighted by Gasteiger charge is -2.24. The van der Waals surface area contributed by atoms with E-state index < -0.39 is 0 Å². The van der Waals surface area contributed by atoms with E-state index in [1.807, 2.05) is 18.2 Å². The van der Waals surface area contributed by atoms with E-state index in [2.05, 4.69) is 10.3 Å². The van der Waals surface area contributed by atoms with Crippen LogP contribution in [0.5, 0.6) is 0 Å². The van der Waals surface area contributed by atoms with E-state index in [-0.39, 0.29) is 23.8 Å². The Hall–Kier alpha value is -1.91. The van der Waals surface area contributed by atoms with Crippen molar-refractivity contribution in [2.75, 3.05) is 7.11 Å². The fraction of sp³-hybridized carbons (Fsp3) is 0.611. The van der Waals surface area contributed by atoms with Crippen LogP contribution in [0.25, 0.3) is 0 Å². The number of rotatable bonds is 6. The molecule has 0 aromatic carbocycles. The molecule has 5 heteroatoms. The Morgan fingerprint density at radius 3 is 2.83 bits per heavy atom. The molecule has 0 spiro atoms. The van der Waals surface area contributed by atoms with Crippen LogP contribution in [0.1, 0.15) is 50.6 Å². The maximum atomic E-state index is 12.2. The van der Waals surface area contributed by atoms with Crippen LogP contribution < -0.4 is 5.32 Å². The number of aromatic nitrogens is 1. The minimum atomic E-state index is -0.206. The first kappa shape index (κ1) is 17.4. The summed E-state index contributed by atoms with van der Waals surface area (Å²) < 4.78 is 4.90. The van der Waals surface area contributed by atoms with Crippen LogP contribution in [0.4, 0.5) is 0 Å². The normalized spacial score (nSPS) is 21.3. The van der Waals surface area contributed by atoms with Gasteiger partial charge in [0, 0.05) is 24.4 Å². The first-order chi connectivity index (χ1) is 11.2. The van der Waals surface area contributed by atoms with E-state index in [9.17, 15) is 9.59 Å². The molecule has 23 heavy (non-hydrogen) atoms. The fourth-order valence-corrected chi connectivity index (χ4v) is 3.17.